The number of aromatic nitrogens is 2. The molecule has 1 aliphatic heterocycles. The normalized spacial score (nSPS) is 13.1. The first-order valence-electron chi connectivity index (χ1n) is 9.94. The van der Waals surface area contributed by atoms with Gasteiger partial charge in [-0.1, -0.05) is 35.5 Å². The Morgan fingerprint density at radius 2 is 2.12 bits per heavy atom. The molecule has 32 heavy (non-hydrogen) atoms. The molecule has 0 spiro atoms. The first-order chi connectivity index (χ1) is 15.5. The summed E-state index contributed by atoms with van der Waals surface area (Å²) in [5, 5.41) is 2.82. The molecule has 9 heteroatoms. The number of rotatable bonds is 4. The van der Waals surface area contributed by atoms with Gasteiger partial charge in [0.1, 0.15) is 17.1 Å². The van der Waals surface area contributed by atoms with Crippen LogP contribution in [0.1, 0.15) is 5.56 Å². The summed E-state index contributed by atoms with van der Waals surface area (Å²) < 4.78 is 7.79. The molecule has 0 fully saturated rings. The number of nitrogens with zero attached hydrogens (tertiary/aromatic N) is 3. The Morgan fingerprint density at radius 1 is 1.25 bits per heavy atom. The van der Waals surface area contributed by atoms with Crippen molar-refractivity contribution in [3.63, 3.8) is 0 Å². The molecule has 0 atom stereocenters. The van der Waals surface area contributed by atoms with E-state index in [1.54, 1.807) is 29.2 Å². The van der Waals surface area contributed by atoms with E-state index in [0.717, 1.165) is 11.3 Å². The van der Waals surface area contributed by atoms with Crippen LogP contribution in [0.2, 0.25) is 5.02 Å². The van der Waals surface area contributed by atoms with Crippen molar-refractivity contribution in [2.45, 2.75) is 12.1 Å². The van der Waals surface area contributed by atoms with Crippen LogP contribution in [0.4, 0.5) is 5.69 Å². The van der Waals surface area contributed by atoms with Gasteiger partial charge < -0.3 is 9.64 Å². The Bertz CT molecular complexity index is 1400. The zero-order valence-corrected chi connectivity index (χ0v) is 19.5. The number of anilines is 1. The van der Waals surface area contributed by atoms with Gasteiger partial charge in [-0.3, -0.25) is 14.2 Å². The highest BCUT2D eigenvalue weighted by Crippen LogP contribution is 2.33. The minimum absolute atomic E-state index is 0.0672. The summed E-state index contributed by atoms with van der Waals surface area (Å²) in [5.41, 5.74) is 2.90. The van der Waals surface area contributed by atoms with Crippen molar-refractivity contribution in [1.82, 2.24) is 9.55 Å². The van der Waals surface area contributed by atoms with E-state index < -0.39 is 0 Å². The molecule has 1 aliphatic rings. The quantitative estimate of drug-likeness (QED) is 0.304. The van der Waals surface area contributed by atoms with Crippen LogP contribution in [-0.2, 0) is 4.79 Å². The maximum Gasteiger partial charge on any atom is 0.276 e. The second-order valence-corrected chi connectivity index (χ2v) is 9.60. The van der Waals surface area contributed by atoms with E-state index in [2.05, 4.69) is 4.98 Å². The zero-order valence-electron chi connectivity index (χ0n) is 17.1. The molecule has 0 unspecified atom stereocenters. The van der Waals surface area contributed by atoms with Gasteiger partial charge in [0.2, 0.25) is 5.91 Å². The number of benzene rings is 2. The Hall–Kier alpha value is -2.81. The third-order valence-electron chi connectivity index (χ3n) is 5.12. The number of fused-ring (bicyclic) bond motifs is 2. The summed E-state index contributed by atoms with van der Waals surface area (Å²) in [4.78, 5) is 32.8. The average Bonchev–Trinajstić information content (AvgIpc) is 3.26. The average molecular weight is 484 g/mol. The van der Waals surface area contributed by atoms with Gasteiger partial charge in [-0.2, -0.15) is 0 Å². The second-order valence-electron chi connectivity index (χ2n) is 7.30. The van der Waals surface area contributed by atoms with Crippen LogP contribution in [0.15, 0.2) is 63.9 Å². The molecular formula is C23H18ClN3O3S2. The lowest BCUT2D eigenvalue weighted by Crippen LogP contribution is -2.39. The lowest BCUT2D eigenvalue weighted by Gasteiger charge is -2.29. The number of carbonyl (C=O) groups excluding carboxylic acids is 1. The molecule has 2 aromatic carbocycles. The molecule has 0 saturated heterocycles. The Kier molecular flexibility index (Phi) is 5.67. The zero-order chi connectivity index (χ0) is 22.2. The minimum Gasteiger partial charge on any atom is -0.490 e. The van der Waals surface area contributed by atoms with Crippen LogP contribution in [0.5, 0.6) is 5.75 Å². The van der Waals surface area contributed by atoms with Crippen LogP contribution in [0.3, 0.4) is 0 Å². The van der Waals surface area contributed by atoms with Crippen LogP contribution >= 0.6 is 34.7 Å². The second kappa shape index (κ2) is 8.61. The third-order valence-corrected chi connectivity index (χ3v) is 7.17. The van der Waals surface area contributed by atoms with Gasteiger partial charge in [-0.15, -0.1) is 11.3 Å². The lowest BCUT2D eigenvalue weighted by atomic mass is 10.1. The van der Waals surface area contributed by atoms with Crippen molar-refractivity contribution in [1.29, 1.82) is 0 Å². The largest absolute Gasteiger partial charge is 0.490 e. The number of thioether (sulfide) groups is 1. The molecular weight excluding hydrogens is 466 g/mol. The first-order valence-corrected chi connectivity index (χ1v) is 12.2. The van der Waals surface area contributed by atoms with E-state index in [4.69, 9.17) is 16.3 Å². The molecule has 0 saturated carbocycles. The summed E-state index contributed by atoms with van der Waals surface area (Å²) in [6.45, 7) is 2.91. The first kappa shape index (κ1) is 21.1. The van der Waals surface area contributed by atoms with Gasteiger partial charge in [0.15, 0.2) is 5.16 Å². The summed E-state index contributed by atoms with van der Waals surface area (Å²) in [7, 11) is 0. The van der Waals surface area contributed by atoms with Crippen LogP contribution in [0.25, 0.3) is 15.9 Å². The minimum atomic E-state index is -0.172. The molecule has 6 nitrogen and oxygen atoms in total. The van der Waals surface area contributed by atoms with E-state index in [9.17, 15) is 9.59 Å². The Labute approximate surface area is 197 Å². The van der Waals surface area contributed by atoms with Gasteiger partial charge in [0.25, 0.3) is 5.56 Å². The van der Waals surface area contributed by atoms with Crippen molar-refractivity contribution >= 4 is 56.5 Å². The van der Waals surface area contributed by atoms with E-state index in [0.29, 0.717) is 45.0 Å². The van der Waals surface area contributed by atoms with E-state index in [1.165, 1.54) is 27.7 Å². The molecule has 4 aromatic rings. The van der Waals surface area contributed by atoms with Gasteiger partial charge in [0.05, 0.1) is 29.2 Å². The standard InChI is InChI=1S/C23H18ClN3O3S2/c1-14-5-6-19-18(11-14)26(8-9-30-19)20(28)13-32-23-25-17-7-10-31-21(17)22(29)27(23)16-4-2-3-15(24)12-16/h2-7,10-12H,8-9,13H2,1H3. The monoisotopic (exact) mass is 483 g/mol. The molecule has 0 N–H and O–H groups in total. The number of carbonyl (C=O) groups is 1. The predicted molar refractivity (Wildman–Crippen MR) is 130 cm³/mol. The topological polar surface area (TPSA) is 64.4 Å². The maximum absolute atomic E-state index is 13.2. The van der Waals surface area contributed by atoms with Gasteiger partial charge in [-0.25, -0.2) is 4.98 Å². The molecule has 2 aromatic heterocycles. The van der Waals surface area contributed by atoms with Crippen LogP contribution in [-0.4, -0.2) is 34.4 Å². The molecule has 3 heterocycles. The fraction of sp³-hybridized carbons (Fsp3) is 0.174. The highest BCUT2D eigenvalue weighted by Gasteiger charge is 2.25. The Morgan fingerprint density at radius 3 is 2.97 bits per heavy atom. The molecule has 0 bridgehead atoms. The van der Waals surface area contributed by atoms with Crippen molar-refractivity contribution in [2.75, 3.05) is 23.8 Å². The van der Waals surface area contributed by atoms with Gasteiger partial charge >= 0.3 is 0 Å². The number of thiophene rings is 1. The summed E-state index contributed by atoms with van der Waals surface area (Å²) in [6, 6.07) is 14.7. The highest BCUT2D eigenvalue weighted by molar-refractivity contribution is 7.99. The molecule has 0 radical (unpaired) electrons. The highest BCUT2D eigenvalue weighted by atomic mass is 35.5. The van der Waals surface area contributed by atoms with Crippen molar-refractivity contribution in [2.24, 2.45) is 0 Å². The van der Waals surface area contributed by atoms with E-state index in [-0.39, 0.29) is 17.2 Å². The predicted octanol–water partition coefficient (Wildman–Crippen LogP) is 4.93. The number of hydrogen-bond donors (Lipinski definition) is 0. The van der Waals surface area contributed by atoms with Gasteiger partial charge in [-0.05, 0) is 54.3 Å². The summed E-state index contributed by atoms with van der Waals surface area (Å²) in [6.07, 6.45) is 0. The van der Waals surface area contributed by atoms with Crippen molar-refractivity contribution in [3.05, 3.63) is 74.9 Å². The lowest BCUT2D eigenvalue weighted by molar-refractivity contribution is -0.116. The number of hydrogen-bond acceptors (Lipinski definition) is 6. The molecule has 0 aliphatic carbocycles. The molecule has 1 amide bonds. The summed E-state index contributed by atoms with van der Waals surface area (Å²) >= 11 is 8.77. The number of ether oxygens (including phenoxy) is 1. The summed E-state index contributed by atoms with van der Waals surface area (Å²) in [5.74, 6) is 0.770. The van der Waals surface area contributed by atoms with E-state index in [1.807, 2.05) is 36.6 Å². The van der Waals surface area contributed by atoms with Crippen LogP contribution in [0, 0.1) is 6.92 Å². The third kappa shape index (κ3) is 3.90. The molecule has 162 valence electrons. The van der Waals surface area contributed by atoms with Crippen molar-refractivity contribution in [3.8, 4) is 11.4 Å². The fourth-order valence-electron chi connectivity index (χ4n) is 3.62. The van der Waals surface area contributed by atoms with E-state index >= 15 is 0 Å². The Balaban J connectivity index is 1.49. The van der Waals surface area contributed by atoms with Crippen LogP contribution < -0.4 is 15.2 Å². The van der Waals surface area contributed by atoms with Crippen molar-refractivity contribution < 1.29 is 9.53 Å². The fourth-order valence-corrected chi connectivity index (χ4v) is 5.46. The number of halogens is 1. The number of aryl methyl sites for hydroxylation is 1. The molecule has 5 rings (SSSR count). The number of amides is 1. The smallest absolute Gasteiger partial charge is 0.276 e. The maximum atomic E-state index is 13.2. The SMILES string of the molecule is Cc1ccc2c(c1)N(C(=O)CSc1nc3ccsc3c(=O)n1-c1cccc(Cl)c1)CCO2. The van der Waals surface area contributed by atoms with Gasteiger partial charge in [0, 0.05) is 5.02 Å².